The van der Waals surface area contributed by atoms with Crippen molar-refractivity contribution in [1.29, 1.82) is 0 Å². The van der Waals surface area contributed by atoms with Gasteiger partial charge in [0.1, 0.15) is 0 Å². The van der Waals surface area contributed by atoms with Crippen LogP contribution in [-0.2, 0) is 11.8 Å². The summed E-state index contributed by atoms with van der Waals surface area (Å²) in [6.07, 6.45) is 27.0. The van der Waals surface area contributed by atoms with Crippen molar-refractivity contribution in [3.05, 3.63) is 40.2 Å². The highest BCUT2D eigenvalue weighted by atomic mass is 14.8. The summed E-state index contributed by atoms with van der Waals surface area (Å²) in [7, 11) is 0. The smallest absolute Gasteiger partial charge is 0.0417 e. The molecular weight excluding hydrogens is 470 g/mol. The van der Waals surface area contributed by atoms with E-state index in [1.807, 2.05) is 0 Å². The molecule has 0 aliphatic heterocycles. The van der Waals surface area contributed by atoms with Crippen molar-refractivity contribution in [2.75, 3.05) is 0 Å². The minimum absolute atomic E-state index is 0.142. The second-order valence-corrected chi connectivity index (χ2v) is 14.5. The summed E-state index contributed by atoms with van der Waals surface area (Å²) in [6, 6.07) is 2.51. The first-order chi connectivity index (χ1) is 18.4. The molecule has 1 nitrogen and oxygen atoms in total. The fourth-order valence-electron chi connectivity index (χ4n) is 5.48. The van der Waals surface area contributed by atoms with E-state index < -0.39 is 0 Å². The highest BCUT2D eigenvalue weighted by Gasteiger charge is 2.22. The Balaban J connectivity index is 3.00. The number of nitrogens with one attached hydrogen (secondary N) is 1. The van der Waals surface area contributed by atoms with Crippen LogP contribution < -0.4 is 0 Å². The van der Waals surface area contributed by atoms with Gasteiger partial charge in [-0.2, -0.15) is 0 Å². The molecule has 1 heterocycles. The summed E-state index contributed by atoms with van der Waals surface area (Å²) in [5, 5.41) is 0. The molecule has 1 N–H and O–H groups in total. The van der Waals surface area contributed by atoms with Gasteiger partial charge in [0.25, 0.3) is 0 Å². The molecular formula is C38H69N. The monoisotopic (exact) mass is 540 g/mol. The van der Waals surface area contributed by atoms with Crippen LogP contribution in [0.25, 0.3) is 5.57 Å². The molecule has 0 aromatic carbocycles. The summed E-state index contributed by atoms with van der Waals surface area (Å²) in [5.74, 6) is 0. The number of hydrogen-bond acceptors (Lipinski definition) is 0. The Kier molecular flexibility index (Phi) is 17.4. The van der Waals surface area contributed by atoms with Gasteiger partial charge in [0.15, 0.2) is 0 Å². The standard InChI is InChI=1S/C38H69N/c1-11-13-15-17-19-21-23-25-27-33(29-31(3)37(5,6)7)32(4)35-30-34(36(39-35)38(8,9)10)28-26-24-22-20-18-16-14-12-2/h29-30,39H,11-28H2,1-10H3/b31-29+,33-32+. The summed E-state index contributed by atoms with van der Waals surface area (Å²) >= 11 is 0. The van der Waals surface area contributed by atoms with Gasteiger partial charge >= 0.3 is 0 Å². The van der Waals surface area contributed by atoms with E-state index in [1.54, 1.807) is 5.56 Å². The van der Waals surface area contributed by atoms with Crippen LogP contribution in [0.1, 0.15) is 195 Å². The quantitative estimate of drug-likeness (QED) is 0.125. The van der Waals surface area contributed by atoms with Crippen LogP contribution in [-0.4, -0.2) is 4.98 Å². The average Bonchev–Trinajstić information content (AvgIpc) is 3.30. The van der Waals surface area contributed by atoms with Crippen molar-refractivity contribution in [2.24, 2.45) is 5.41 Å². The molecule has 1 aromatic heterocycles. The van der Waals surface area contributed by atoms with Crippen molar-refractivity contribution in [3.63, 3.8) is 0 Å². The number of hydrogen-bond donors (Lipinski definition) is 1. The zero-order valence-electron chi connectivity index (χ0n) is 28.4. The maximum absolute atomic E-state index is 3.93. The van der Waals surface area contributed by atoms with Gasteiger partial charge in [-0.25, -0.2) is 0 Å². The molecule has 1 rings (SSSR count). The van der Waals surface area contributed by atoms with Gasteiger partial charge in [-0.3, -0.25) is 0 Å². The third-order valence-electron chi connectivity index (χ3n) is 8.71. The molecule has 0 fully saturated rings. The van der Waals surface area contributed by atoms with Crippen molar-refractivity contribution in [1.82, 2.24) is 4.98 Å². The van der Waals surface area contributed by atoms with Crippen LogP contribution in [0.15, 0.2) is 23.3 Å². The first-order valence-electron chi connectivity index (χ1n) is 17.0. The molecule has 1 aromatic rings. The Morgan fingerprint density at radius 3 is 1.59 bits per heavy atom. The normalized spacial score (nSPS) is 13.7. The van der Waals surface area contributed by atoms with Crippen molar-refractivity contribution < 1.29 is 0 Å². The molecule has 1 heteroatoms. The average molecular weight is 540 g/mol. The molecule has 0 amide bonds. The molecule has 0 unspecified atom stereocenters. The zero-order valence-corrected chi connectivity index (χ0v) is 28.4. The van der Waals surface area contributed by atoms with E-state index in [4.69, 9.17) is 0 Å². The number of unbranched alkanes of at least 4 members (excludes halogenated alkanes) is 14. The highest BCUT2D eigenvalue weighted by Crippen LogP contribution is 2.34. The fourth-order valence-corrected chi connectivity index (χ4v) is 5.48. The highest BCUT2D eigenvalue weighted by molar-refractivity contribution is 5.68. The lowest BCUT2D eigenvalue weighted by atomic mass is 9.85. The number of allylic oxidation sites excluding steroid dienone is 4. The molecule has 0 aliphatic carbocycles. The second kappa shape index (κ2) is 19.0. The van der Waals surface area contributed by atoms with E-state index in [2.05, 4.69) is 86.4 Å². The molecule has 226 valence electrons. The molecule has 0 spiro atoms. The topological polar surface area (TPSA) is 15.8 Å². The predicted molar refractivity (Wildman–Crippen MR) is 179 cm³/mol. The van der Waals surface area contributed by atoms with E-state index in [0.29, 0.717) is 0 Å². The number of aromatic amines is 1. The van der Waals surface area contributed by atoms with E-state index >= 15 is 0 Å². The van der Waals surface area contributed by atoms with Gasteiger partial charge in [-0.15, -0.1) is 0 Å². The van der Waals surface area contributed by atoms with Crippen molar-refractivity contribution >= 4 is 5.57 Å². The number of aryl methyl sites for hydroxylation is 1. The Bertz CT molecular complexity index is 833. The minimum Gasteiger partial charge on any atom is -0.358 e. The molecule has 39 heavy (non-hydrogen) atoms. The first-order valence-corrected chi connectivity index (χ1v) is 17.0. The van der Waals surface area contributed by atoms with Crippen molar-refractivity contribution in [2.45, 2.75) is 190 Å². The molecule has 0 atom stereocenters. The summed E-state index contributed by atoms with van der Waals surface area (Å²) in [4.78, 5) is 3.93. The molecule has 0 saturated heterocycles. The van der Waals surface area contributed by atoms with Gasteiger partial charge in [0, 0.05) is 16.8 Å². The SMILES string of the molecule is CCCCCCCCCCC(/C=C(\C)C(C)(C)C)=C(/C)c1cc(CCCCCCCCCC)c(C(C)(C)C)[nH]1. The Hall–Kier alpha value is -1.24. The van der Waals surface area contributed by atoms with Crippen molar-refractivity contribution in [3.8, 4) is 0 Å². The summed E-state index contributed by atoms with van der Waals surface area (Å²) in [5.41, 5.74) is 9.17. The number of aromatic nitrogens is 1. The van der Waals surface area contributed by atoms with E-state index in [1.165, 1.54) is 144 Å². The molecule has 0 aliphatic rings. The second-order valence-electron chi connectivity index (χ2n) is 14.5. The van der Waals surface area contributed by atoms with E-state index in [-0.39, 0.29) is 10.8 Å². The van der Waals surface area contributed by atoms with Crippen LogP contribution in [0.5, 0.6) is 0 Å². The number of rotatable bonds is 20. The predicted octanol–water partition coefficient (Wildman–Crippen LogP) is 13.3. The van der Waals surface area contributed by atoms with Gasteiger partial charge in [-0.1, -0.05) is 157 Å². The Morgan fingerprint density at radius 1 is 0.667 bits per heavy atom. The lowest BCUT2D eigenvalue weighted by molar-refractivity contribution is 0.503. The van der Waals surface area contributed by atoms with Crippen LogP contribution in [0.4, 0.5) is 0 Å². The van der Waals surface area contributed by atoms with Gasteiger partial charge in [0.05, 0.1) is 0 Å². The van der Waals surface area contributed by atoms with Gasteiger partial charge in [0.2, 0.25) is 0 Å². The lowest BCUT2D eigenvalue weighted by Gasteiger charge is -2.21. The van der Waals surface area contributed by atoms with Crippen LogP contribution >= 0.6 is 0 Å². The van der Waals surface area contributed by atoms with Crippen LogP contribution in [0.3, 0.4) is 0 Å². The third kappa shape index (κ3) is 14.8. The maximum Gasteiger partial charge on any atom is 0.0417 e. The largest absolute Gasteiger partial charge is 0.358 e. The maximum atomic E-state index is 3.93. The number of H-pyrrole nitrogens is 1. The third-order valence-corrected chi connectivity index (χ3v) is 8.71. The van der Waals surface area contributed by atoms with E-state index in [9.17, 15) is 0 Å². The van der Waals surface area contributed by atoms with Crippen LogP contribution in [0.2, 0.25) is 0 Å². The minimum atomic E-state index is 0.142. The summed E-state index contributed by atoms with van der Waals surface area (Å²) < 4.78 is 0. The van der Waals surface area contributed by atoms with Crippen LogP contribution in [0, 0.1) is 5.41 Å². The van der Waals surface area contributed by atoms with Gasteiger partial charge in [-0.05, 0) is 67.7 Å². The first kappa shape index (κ1) is 35.8. The molecule has 0 radical (unpaired) electrons. The van der Waals surface area contributed by atoms with Gasteiger partial charge < -0.3 is 4.98 Å². The Morgan fingerprint density at radius 2 is 1.13 bits per heavy atom. The fraction of sp³-hybridized carbons (Fsp3) is 0.789. The van der Waals surface area contributed by atoms with E-state index in [0.717, 1.165) is 0 Å². The molecule has 0 bridgehead atoms. The summed E-state index contributed by atoms with van der Waals surface area (Å²) in [6.45, 7) is 23.4. The molecule has 0 saturated carbocycles. The lowest BCUT2D eigenvalue weighted by Crippen LogP contribution is -2.14. The Labute approximate surface area is 246 Å². The zero-order chi connectivity index (χ0) is 29.3.